The molecule has 4 nitrogen and oxygen atoms in total. The number of phenols is 1. The summed E-state index contributed by atoms with van der Waals surface area (Å²) in [5.74, 6) is 0.0839. The molecular formula is C9H9NO3. The molecule has 0 fully saturated rings. The molecular weight excluding hydrogens is 170 g/mol. The van der Waals surface area contributed by atoms with Gasteiger partial charge in [-0.15, -0.1) is 0 Å². The van der Waals surface area contributed by atoms with Crippen LogP contribution in [0.2, 0.25) is 0 Å². The lowest BCUT2D eigenvalue weighted by Crippen LogP contribution is -1.84. The van der Waals surface area contributed by atoms with Crippen LogP contribution in [0.4, 0.5) is 0 Å². The van der Waals surface area contributed by atoms with Crippen molar-refractivity contribution in [3.8, 4) is 5.75 Å². The van der Waals surface area contributed by atoms with Gasteiger partial charge < -0.3 is 5.11 Å². The molecule has 0 aliphatic rings. The zero-order valence-corrected chi connectivity index (χ0v) is 7.10. The van der Waals surface area contributed by atoms with Gasteiger partial charge in [0, 0.05) is 11.6 Å². The molecule has 1 aromatic rings. The van der Waals surface area contributed by atoms with Crippen LogP contribution in [0.3, 0.4) is 0 Å². The standard InChI is InChI=1S/C9H9NO3/c1-7-3-2-4-8(9(7)11)5-6-10(12)13/h2-6,11H,1H3/b6-5+. The number of hydrogen-bond acceptors (Lipinski definition) is 3. The minimum absolute atomic E-state index is 0.0839. The zero-order valence-electron chi connectivity index (χ0n) is 7.10. The van der Waals surface area contributed by atoms with Gasteiger partial charge >= 0.3 is 0 Å². The molecule has 0 heterocycles. The summed E-state index contributed by atoms with van der Waals surface area (Å²) in [6.07, 6.45) is 2.07. The Kier molecular flexibility index (Phi) is 2.64. The van der Waals surface area contributed by atoms with Crippen molar-refractivity contribution in [1.29, 1.82) is 0 Å². The van der Waals surface area contributed by atoms with Crippen molar-refractivity contribution in [2.45, 2.75) is 6.92 Å². The van der Waals surface area contributed by atoms with Gasteiger partial charge in [0.25, 0.3) is 0 Å². The van der Waals surface area contributed by atoms with Gasteiger partial charge in [0.05, 0.1) is 4.92 Å². The van der Waals surface area contributed by atoms with E-state index >= 15 is 0 Å². The summed E-state index contributed by atoms with van der Waals surface area (Å²) in [6, 6.07) is 5.08. The highest BCUT2D eigenvalue weighted by Crippen LogP contribution is 2.22. The van der Waals surface area contributed by atoms with Crippen molar-refractivity contribution in [2.75, 3.05) is 0 Å². The van der Waals surface area contributed by atoms with Crippen LogP contribution in [0.25, 0.3) is 6.08 Å². The van der Waals surface area contributed by atoms with E-state index in [0.717, 1.165) is 6.20 Å². The van der Waals surface area contributed by atoms with Crippen molar-refractivity contribution < 1.29 is 10.0 Å². The number of nitrogens with zero attached hydrogens (tertiary/aromatic N) is 1. The van der Waals surface area contributed by atoms with Crippen LogP contribution in [-0.2, 0) is 0 Å². The van der Waals surface area contributed by atoms with Crippen LogP contribution in [0.1, 0.15) is 11.1 Å². The molecule has 1 aromatic carbocycles. The van der Waals surface area contributed by atoms with Crippen molar-refractivity contribution in [3.05, 3.63) is 45.6 Å². The second-order valence-electron chi connectivity index (χ2n) is 2.61. The number of aryl methyl sites for hydroxylation is 1. The molecule has 0 saturated carbocycles. The molecule has 0 atom stereocenters. The smallest absolute Gasteiger partial charge is 0.235 e. The molecule has 0 amide bonds. The Labute approximate surface area is 75.3 Å². The third-order valence-electron chi connectivity index (χ3n) is 1.64. The molecule has 0 aliphatic heterocycles. The van der Waals surface area contributed by atoms with E-state index in [0.29, 0.717) is 11.1 Å². The van der Waals surface area contributed by atoms with E-state index in [1.165, 1.54) is 6.08 Å². The normalized spacial score (nSPS) is 10.5. The third kappa shape index (κ3) is 2.30. The second kappa shape index (κ2) is 3.71. The lowest BCUT2D eigenvalue weighted by atomic mass is 10.1. The molecule has 0 unspecified atom stereocenters. The minimum atomic E-state index is -0.568. The number of phenolic OH excluding ortho intramolecular Hbond substituents is 1. The number of aromatic hydroxyl groups is 1. The van der Waals surface area contributed by atoms with Gasteiger partial charge in [-0.1, -0.05) is 18.2 Å². The maximum absolute atomic E-state index is 10.0. The highest BCUT2D eigenvalue weighted by Gasteiger charge is 2.00. The Balaban J connectivity index is 3.02. The minimum Gasteiger partial charge on any atom is -0.507 e. The first kappa shape index (κ1) is 9.25. The average Bonchev–Trinajstić information content (AvgIpc) is 2.07. The van der Waals surface area contributed by atoms with E-state index < -0.39 is 4.92 Å². The van der Waals surface area contributed by atoms with E-state index in [4.69, 9.17) is 0 Å². The van der Waals surface area contributed by atoms with Gasteiger partial charge in [-0.25, -0.2) is 0 Å². The average molecular weight is 179 g/mol. The molecule has 0 aromatic heterocycles. The van der Waals surface area contributed by atoms with Crippen LogP contribution in [0.5, 0.6) is 5.75 Å². The Morgan fingerprint density at radius 1 is 1.54 bits per heavy atom. The molecule has 4 heteroatoms. The Bertz CT molecular complexity index is 358. The molecule has 13 heavy (non-hydrogen) atoms. The Hall–Kier alpha value is -1.84. The van der Waals surface area contributed by atoms with Gasteiger partial charge in [0.2, 0.25) is 6.20 Å². The van der Waals surface area contributed by atoms with Gasteiger partial charge in [-0.2, -0.15) is 0 Å². The molecule has 0 saturated heterocycles. The zero-order chi connectivity index (χ0) is 9.84. The quantitative estimate of drug-likeness (QED) is 0.557. The summed E-state index contributed by atoms with van der Waals surface area (Å²) in [7, 11) is 0. The predicted octanol–water partition coefficient (Wildman–Crippen LogP) is 1.95. The highest BCUT2D eigenvalue weighted by atomic mass is 16.6. The van der Waals surface area contributed by atoms with E-state index in [-0.39, 0.29) is 5.75 Å². The maximum atomic E-state index is 10.0. The molecule has 1 N–H and O–H groups in total. The fraction of sp³-hybridized carbons (Fsp3) is 0.111. The summed E-state index contributed by atoms with van der Waals surface area (Å²) in [5.41, 5.74) is 1.15. The lowest BCUT2D eigenvalue weighted by molar-refractivity contribution is -0.400. The van der Waals surface area contributed by atoms with Crippen molar-refractivity contribution in [3.63, 3.8) is 0 Å². The van der Waals surface area contributed by atoms with Crippen LogP contribution >= 0.6 is 0 Å². The third-order valence-corrected chi connectivity index (χ3v) is 1.64. The molecule has 0 aliphatic carbocycles. The van der Waals surface area contributed by atoms with E-state index in [1.807, 2.05) is 0 Å². The summed E-state index contributed by atoms with van der Waals surface area (Å²) < 4.78 is 0. The van der Waals surface area contributed by atoms with Crippen molar-refractivity contribution >= 4 is 6.08 Å². The summed E-state index contributed by atoms with van der Waals surface area (Å²) in [5, 5.41) is 19.4. The Morgan fingerprint density at radius 3 is 2.85 bits per heavy atom. The molecule has 0 bridgehead atoms. The number of rotatable bonds is 2. The fourth-order valence-corrected chi connectivity index (χ4v) is 0.957. The largest absolute Gasteiger partial charge is 0.507 e. The Morgan fingerprint density at radius 2 is 2.23 bits per heavy atom. The second-order valence-corrected chi connectivity index (χ2v) is 2.61. The van der Waals surface area contributed by atoms with Crippen LogP contribution in [0, 0.1) is 17.0 Å². The van der Waals surface area contributed by atoms with Crippen molar-refractivity contribution in [1.82, 2.24) is 0 Å². The number of hydrogen-bond donors (Lipinski definition) is 1. The summed E-state index contributed by atoms with van der Waals surface area (Å²) in [4.78, 5) is 9.44. The molecule has 0 radical (unpaired) electrons. The molecule has 0 spiro atoms. The van der Waals surface area contributed by atoms with Crippen LogP contribution < -0.4 is 0 Å². The van der Waals surface area contributed by atoms with Crippen molar-refractivity contribution in [2.24, 2.45) is 0 Å². The van der Waals surface area contributed by atoms with E-state index in [1.54, 1.807) is 25.1 Å². The van der Waals surface area contributed by atoms with Gasteiger partial charge in [-0.3, -0.25) is 10.1 Å². The summed E-state index contributed by atoms with van der Waals surface area (Å²) in [6.45, 7) is 1.73. The molecule has 68 valence electrons. The number of benzene rings is 1. The molecule has 1 rings (SSSR count). The van der Waals surface area contributed by atoms with E-state index in [9.17, 15) is 15.2 Å². The monoisotopic (exact) mass is 179 g/mol. The highest BCUT2D eigenvalue weighted by molar-refractivity contribution is 5.58. The predicted molar refractivity (Wildman–Crippen MR) is 48.9 cm³/mol. The first-order valence-electron chi connectivity index (χ1n) is 3.71. The lowest BCUT2D eigenvalue weighted by Gasteiger charge is -2.00. The maximum Gasteiger partial charge on any atom is 0.235 e. The number of nitro groups is 1. The fourth-order valence-electron chi connectivity index (χ4n) is 0.957. The first-order chi connectivity index (χ1) is 6.11. The SMILES string of the molecule is Cc1cccc(/C=C/[N+](=O)[O-])c1O. The summed E-state index contributed by atoms with van der Waals surface area (Å²) >= 11 is 0. The van der Waals surface area contributed by atoms with E-state index in [2.05, 4.69) is 0 Å². The topological polar surface area (TPSA) is 63.4 Å². The van der Waals surface area contributed by atoms with Gasteiger partial charge in [0.1, 0.15) is 5.75 Å². The van der Waals surface area contributed by atoms with Gasteiger partial charge in [-0.05, 0) is 12.5 Å². The van der Waals surface area contributed by atoms with Crippen LogP contribution in [-0.4, -0.2) is 10.0 Å². The number of para-hydroxylation sites is 1. The van der Waals surface area contributed by atoms with Crippen LogP contribution in [0.15, 0.2) is 24.4 Å². The first-order valence-corrected chi connectivity index (χ1v) is 3.71. The van der Waals surface area contributed by atoms with Gasteiger partial charge in [0.15, 0.2) is 0 Å².